The molecule has 0 unspecified atom stereocenters. The van der Waals surface area contributed by atoms with Crippen molar-refractivity contribution in [2.24, 2.45) is 0 Å². The van der Waals surface area contributed by atoms with Crippen molar-refractivity contribution in [2.45, 2.75) is 65.5 Å². The molecule has 7 nitrogen and oxygen atoms in total. The van der Waals surface area contributed by atoms with E-state index in [1.54, 1.807) is 6.92 Å². The van der Waals surface area contributed by atoms with Crippen LogP contribution in [0.15, 0.2) is 4.52 Å². The lowest BCUT2D eigenvalue weighted by atomic mass is 10.1. The molecule has 7 heteroatoms. The number of rotatable bonds is 6. The Morgan fingerprint density at radius 2 is 1.92 bits per heavy atom. The molecule has 134 valence electrons. The van der Waals surface area contributed by atoms with Gasteiger partial charge in [-0.25, -0.2) is 4.79 Å². The first kappa shape index (κ1) is 18.3. The number of carbonyl (C=O) groups excluding carboxylic acids is 2. The lowest BCUT2D eigenvalue weighted by Crippen LogP contribution is -2.50. The topological polar surface area (TPSA) is 87.5 Å². The first-order valence-corrected chi connectivity index (χ1v) is 8.86. The number of carbonyl (C=O) groups is 2. The Kier molecular flexibility index (Phi) is 6.63. The lowest BCUT2D eigenvalue weighted by Gasteiger charge is -2.29. The Morgan fingerprint density at radius 3 is 2.54 bits per heavy atom. The summed E-state index contributed by atoms with van der Waals surface area (Å²) in [6.07, 6.45) is 4.74. The highest BCUT2D eigenvalue weighted by molar-refractivity contribution is 5.86. The van der Waals surface area contributed by atoms with E-state index in [9.17, 15) is 9.59 Å². The number of likely N-dealkylation sites (tertiary alicyclic amines) is 1. The van der Waals surface area contributed by atoms with E-state index in [0.717, 1.165) is 55.8 Å². The molecule has 24 heavy (non-hydrogen) atoms. The van der Waals surface area contributed by atoms with Crippen molar-refractivity contribution in [3.63, 3.8) is 0 Å². The summed E-state index contributed by atoms with van der Waals surface area (Å²) >= 11 is 0. The van der Waals surface area contributed by atoms with Gasteiger partial charge in [-0.05, 0) is 32.6 Å². The molecule has 1 aromatic rings. The predicted molar refractivity (Wildman–Crippen MR) is 90.5 cm³/mol. The van der Waals surface area contributed by atoms with Crippen molar-refractivity contribution in [2.75, 3.05) is 13.1 Å². The van der Waals surface area contributed by atoms with E-state index in [4.69, 9.17) is 4.52 Å². The highest BCUT2D eigenvalue weighted by atomic mass is 16.5. The number of amides is 3. The molecular formula is C17H28N4O3. The van der Waals surface area contributed by atoms with Gasteiger partial charge in [-0.15, -0.1) is 0 Å². The van der Waals surface area contributed by atoms with Gasteiger partial charge in [0.05, 0.1) is 5.69 Å². The van der Waals surface area contributed by atoms with E-state index < -0.39 is 6.04 Å². The maximum Gasteiger partial charge on any atom is 0.315 e. The van der Waals surface area contributed by atoms with Gasteiger partial charge in [0.25, 0.3) is 0 Å². The molecule has 1 fully saturated rings. The van der Waals surface area contributed by atoms with Gasteiger partial charge in [0.1, 0.15) is 11.8 Å². The fraction of sp³-hybridized carbons (Fsp3) is 0.706. The van der Waals surface area contributed by atoms with Crippen molar-refractivity contribution in [3.05, 3.63) is 17.0 Å². The second-order valence-corrected chi connectivity index (χ2v) is 6.17. The molecule has 0 saturated carbocycles. The summed E-state index contributed by atoms with van der Waals surface area (Å²) in [5, 5.41) is 9.55. The van der Waals surface area contributed by atoms with Crippen molar-refractivity contribution >= 4 is 11.9 Å². The SMILES string of the molecule is CCc1noc(CC)c1CNC(=O)N[C@@H](C)C(=O)N1CCCCC1. The zero-order chi connectivity index (χ0) is 17.5. The average molecular weight is 336 g/mol. The summed E-state index contributed by atoms with van der Waals surface area (Å²) in [6, 6.07) is -0.875. The van der Waals surface area contributed by atoms with Crippen molar-refractivity contribution < 1.29 is 14.1 Å². The van der Waals surface area contributed by atoms with E-state index in [2.05, 4.69) is 15.8 Å². The monoisotopic (exact) mass is 336 g/mol. The molecule has 1 aliphatic heterocycles. The Morgan fingerprint density at radius 1 is 1.21 bits per heavy atom. The van der Waals surface area contributed by atoms with Gasteiger partial charge in [0.2, 0.25) is 5.91 Å². The Hall–Kier alpha value is -2.05. The average Bonchev–Trinajstić information content (AvgIpc) is 3.01. The maximum atomic E-state index is 12.3. The first-order valence-electron chi connectivity index (χ1n) is 8.86. The molecule has 2 N–H and O–H groups in total. The van der Waals surface area contributed by atoms with Crippen LogP contribution < -0.4 is 10.6 Å². The minimum atomic E-state index is -0.526. The van der Waals surface area contributed by atoms with E-state index in [1.165, 1.54) is 6.42 Å². The fourth-order valence-corrected chi connectivity index (χ4v) is 3.00. The minimum absolute atomic E-state index is 0.0154. The van der Waals surface area contributed by atoms with Crippen LogP contribution in [0, 0.1) is 0 Å². The third-order valence-corrected chi connectivity index (χ3v) is 4.42. The molecule has 0 radical (unpaired) electrons. The standard InChI is InChI=1S/C17H28N4O3/c1-4-14-13(15(5-2)24-20-14)11-18-17(23)19-12(3)16(22)21-9-7-6-8-10-21/h12H,4-11H2,1-3H3,(H2,18,19,23)/t12-/m0/s1. The minimum Gasteiger partial charge on any atom is -0.361 e. The first-order chi connectivity index (χ1) is 11.6. The van der Waals surface area contributed by atoms with Gasteiger partial charge >= 0.3 is 6.03 Å². The molecule has 1 atom stereocenters. The number of nitrogens with one attached hydrogen (secondary N) is 2. The van der Waals surface area contributed by atoms with Gasteiger partial charge in [-0.2, -0.15) is 0 Å². The Bertz CT molecular complexity index is 543. The molecule has 0 bridgehead atoms. The number of aromatic nitrogens is 1. The molecule has 2 heterocycles. The zero-order valence-corrected chi connectivity index (χ0v) is 14.9. The number of nitrogens with zero attached hydrogens (tertiary/aromatic N) is 2. The third-order valence-electron chi connectivity index (χ3n) is 4.42. The second-order valence-electron chi connectivity index (χ2n) is 6.17. The molecule has 2 rings (SSSR count). The van der Waals surface area contributed by atoms with Gasteiger partial charge in [0.15, 0.2) is 0 Å². The molecule has 0 aromatic carbocycles. The quantitative estimate of drug-likeness (QED) is 0.832. The molecule has 1 saturated heterocycles. The van der Waals surface area contributed by atoms with Crippen molar-refractivity contribution in [1.29, 1.82) is 0 Å². The normalized spacial score (nSPS) is 15.9. The molecule has 1 aromatic heterocycles. The van der Waals surface area contributed by atoms with Crippen LogP contribution >= 0.6 is 0 Å². The number of hydrogen-bond acceptors (Lipinski definition) is 4. The number of hydrogen-bond donors (Lipinski definition) is 2. The fourth-order valence-electron chi connectivity index (χ4n) is 3.00. The van der Waals surface area contributed by atoms with E-state index in [-0.39, 0.29) is 11.9 Å². The molecule has 1 aliphatic rings. The molecular weight excluding hydrogens is 308 g/mol. The summed E-state index contributed by atoms with van der Waals surface area (Å²) < 4.78 is 5.28. The summed E-state index contributed by atoms with van der Waals surface area (Å²) in [7, 11) is 0. The van der Waals surface area contributed by atoms with E-state index in [0.29, 0.717) is 6.54 Å². The van der Waals surface area contributed by atoms with Crippen LogP contribution in [0.3, 0.4) is 0 Å². The summed E-state index contributed by atoms with van der Waals surface area (Å²) in [5.74, 6) is 0.780. The highest BCUT2D eigenvalue weighted by Crippen LogP contribution is 2.15. The van der Waals surface area contributed by atoms with Crippen LogP contribution in [-0.4, -0.2) is 41.1 Å². The van der Waals surface area contributed by atoms with Crippen molar-refractivity contribution in [1.82, 2.24) is 20.7 Å². The van der Waals surface area contributed by atoms with Crippen LogP contribution in [0.2, 0.25) is 0 Å². The second kappa shape index (κ2) is 8.70. The van der Waals surface area contributed by atoms with Gasteiger partial charge in [0, 0.05) is 31.6 Å². The smallest absolute Gasteiger partial charge is 0.315 e. The molecule has 0 spiro atoms. The maximum absolute atomic E-state index is 12.3. The highest BCUT2D eigenvalue weighted by Gasteiger charge is 2.23. The Labute approximate surface area is 143 Å². The summed E-state index contributed by atoms with van der Waals surface area (Å²) in [4.78, 5) is 26.2. The van der Waals surface area contributed by atoms with E-state index in [1.807, 2.05) is 18.7 Å². The zero-order valence-electron chi connectivity index (χ0n) is 14.9. The largest absolute Gasteiger partial charge is 0.361 e. The van der Waals surface area contributed by atoms with Crippen molar-refractivity contribution in [3.8, 4) is 0 Å². The van der Waals surface area contributed by atoms with Crippen LogP contribution in [0.4, 0.5) is 4.79 Å². The van der Waals surface area contributed by atoms with Gasteiger partial charge in [-0.1, -0.05) is 19.0 Å². The predicted octanol–water partition coefficient (Wildman–Crippen LogP) is 2.00. The van der Waals surface area contributed by atoms with Gasteiger partial charge in [-0.3, -0.25) is 4.79 Å². The van der Waals surface area contributed by atoms with E-state index >= 15 is 0 Å². The molecule has 3 amide bonds. The van der Waals surface area contributed by atoms with Crippen LogP contribution in [0.1, 0.15) is 57.1 Å². The summed E-state index contributed by atoms with van der Waals surface area (Å²) in [6.45, 7) is 7.64. The molecule has 0 aliphatic carbocycles. The summed E-state index contributed by atoms with van der Waals surface area (Å²) in [5.41, 5.74) is 1.80. The number of urea groups is 1. The number of aryl methyl sites for hydroxylation is 2. The van der Waals surface area contributed by atoms with Gasteiger partial charge < -0.3 is 20.1 Å². The van der Waals surface area contributed by atoms with Crippen LogP contribution in [0.25, 0.3) is 0 Å². The Balaban J connectivity index is 1.84. The third kappa shape index (κ3) is 4.49. The lowest BCUT2D eigenvalue weighted by molar-refractivity contribution is -0.133. The number of piperidine rings is 1. The van der Waals surface area contributed by atoms with Crippen LogP contribution in [-0.2, 0) is 24.2 Å². The van der Waals surface area contributed by atoms with Crippen LogP contribution in [0.5, 0.6) is 0 Å².